The molecule has 1 aromatic heterocycles. The van der Waals surface area contributed by atoms with Crippen LogP contribution in [0.5, 0.6) is 0 Å². The van der Waals surface area contributed by atoms with E-state index < -0.39 is 4.92 Å². The minimum atomic E-state index is -0.489. The van der Waals surface area contributed by atoms with Gasteiger partial charge in [-0.25, -0.2) is 0 Å². The van der Waals surface area contributed by atoms with Crippen LogP contribution in [0.15, 0.2) is 30.3 Å². The van der Waals surface area contributed by atoms with E-state index in [1.807, 2.05) is 36.9 Å². The van der Waals surface area contributed by atoms with E-state index in [9.17, 15) is 10.1 Å². The lowest BCUT2D eigenvalue weighted by molar-refractivity contribution is -0.383. The topological polar surface area (TPSA) is 114 Å². The molecule has 2 N–H and O–H groups in total. The van der Waals surface area contributed by atoms with Crippen LogP contribution in [0.2, 0.25) is 0 Å². The van der Waals surface area contributed by atoms with Crippen molar-refractivity contribution in [2.24, 2.45) is 0 Å². The second kappa shape index (κ2) is 9.03. The lowest BCUT2D eigenvalue weighted by Gasteiger charge is -2.37. The molecule has 166 valence electrons. The Kier molecular flexibility index (Phi) is 6.19. The smallest absolute Gasteiger partial charge is 0.353 e. The van der Waals surface area contributed by atoms with Crippen molar-refractivity contribution in [2.45, 2.75) is 32.6 Å². The average Bonchev–Trinajstić information content (AvgIpc) is 2.73. The molecule has 0 unspecified atom stereocenters. The van der Waals surface area contributed by atoms with Gasteiger partial charge in [-0.3, -0.25) is 15.0 Å². The third kappa shape index (κ3) is 4.86. The Morgan fingerprint density at radius 1 is 1.06 bits per heavy atom. The lowest BCUT2D eigenvalue weighted by Crippen LogP contribution is -2.48. The molecular formula is C21H29N7O3. The predicted octanol–water partition coefficient (Wildman–Crippen LogP) is 1.90. The van der Waals surface area contributed by atoms with Crippen molar-refractivity contribution in [1.82, 2.24) is 14.9 Å². The quantitative estimate of drug-likeness (QED) is 0.564. The van der Waals surface area contributed by atoms with Gasteiger partial charge in [0.05, 0.1) is 17.1 Å². The normalized spacial score (nSPS) is 22.5. The summed E-state index contributed by atoms with van der Waals surface area (Å²) in [6.45, 7) is 9.02. The minimum absolute atomic E-state index is 0.0514. The summed E-state index contributed by atoms with van der Waals surface area (Å²) in [5, 5.41) is 11.7. The average molecular weight is 428 g/mol. The Labute approximate surface area is 181 Å². The van der Waals surface area contributed by atoms with E-state index in [0.29, 0.717) is 19.0 Å². The highest BCUT2D eigenvalue weighted by atomic mass is 16.6. The number of morpholine rings is 1. The highest BCUT2D eigenvalue weighted by molar-refractivity contribution is 5.71. The number of benzene rings is 1. The first-order chi connectivity index (χ1) is 14.9. The maximum Gasteiger partial charge on any atom is 0.353 e. The van der Waals surface area contributed by atoms with Gasteiger partial charge in [0.15, 0.2) is 0 Å². The molecule has 2 fully saturated rings. The first-order valence-electron chi connectivity index (χ1n) is 10.6. The lowest BCUT2D eigenvalue weighted by atomic mass is 10.2. The SMILES string of the molecule is C[C@@H]1CN(c2nc(N3CCN(Cc4ccccc4)CC3)nc(N)c2[N+](=O)[O-])C[C@H](C)O1. The molecule has 4 rings (SSSR count). The maximum absolute atomic E-state index is 11.7. The molecule has 2 saturated heterocycles. The van der Waals surface area contributed by atoms with Gasteiger partial charge in [-0.2, -0.15) is 9.97 Å². The van der Waals surface area contributed by atoms with Crippen molar-refractivity contribution in [1.29, 1.82) is 0 Å². The van der Waals surface area contributed by atoms with Gasteiger partial charge in [0.1, 0.15) is 0 Å². The molecule has 2 aliphatic heterocycles. The molecule has 10 heteroatoms. The van der Waals surface area contributed by atoms with Crippen LogP contribution in [0, 0.1) is 10.1 Å². The second-order valence-corrected chi connectivity index (χ2v) is 8.25. The van der Waals surface area contributed by atoms with Gasteiger partial charge in [-0.1, -0.05) is 30.3 Å². The van der Waals surface area contributed by atoms with Gasteiger partial charge >= 0.3 is 5.69 Å². The number of nitrogen functional groups attached to an aromatic ring is 1. The number of nitro groups is 1. The van der Waals surface area contributed by atoms with E-state index in [1.54, 1.807) is 0 Å². The first-order valence-corrected chi connectivity index (χ1v) is 10.6. The number of anilines is 3. The number of nitrogens with zero attached hydrogens (tertiary/aromatic N) is 6. The third-order valence-electron chi connectivity index (χ3n) is 5.69. The van der Waals surface area contributed by atoms with E-state index >= 15 is 0 Å². The van der Waals surface area contributed by atoms with Crippen LogP contribution in [0.4, 0.5) is 23.3 Å². The largest absolute Gasteiger partial charge is 0.378 e. The van der Waals surface area contributed by atoms with Crippen LogP contribution in [-0.4, -0.2) is 71.3 Å². The fraction of sp³-hybridized carbons (Fsp3) is 0.524. The Morgan fingerprint density at radius 2 is 1.71 bits per heavy atom. The third-order valence-corrected chi connectivity index (χ3v) is 5.69. The van der Waals surface area contributed by atoms with E-state index in [2.05, 4.69) is 31.9 Å². The number of rotatable bonds is 5. The summed E-state index contributed by atoms with van der Waals surface area (Å²) in [7, 11) is 0. The van der Waals surface area contributed by atoms with E-state index in [4.69, 9.17) is 10.5 Å². The van der Waals surface area contributed by atoms with Crippen LogP contribution >= 0.6 is 0 Å². The summed E-state index contributed by atoms with van der Waals surface area (Å²) in [6.07, 6.45) is -0.103. The molecule has 0 spiro atoms. The predicted molar refractivity (Wildman–Crippen MR) is 119 cm³/mol. The Hall–Kier alpha value is -2.98. The first kappa shape index (κ1) is 21.3. The second-order valence-electron chi connectivity index (χ2n) is 8.25. The molecule has 0 saturated carbocycles. The van der Waals surface area contributed by atoms with Gasteiger partial charge < -0.3 is 20.3 Å². The zero-order chi connectivity index (χ0) is 22.0. The molecule has 31 heavy (non-hydrogen) atoms. The van der Waals surface area contributed by atoms with Gasteiger partial charge in [0.2, 0.25) is 17.6 Å². The van der Waals surface area contributed by atoms with Crippen LogP contribution in [0.1, 0.15) is 19.4 Å². The maximum atomic E-state index is 11.7. The summed E-state index contributed by atoms with van der Waals surface area (Å²) in [5.41, 5.74) is 7.10. The highest BCUT2D eigenvalue weighted by Crippen LogP contribution is 2.34. The number of ether oxygens (including phenoxy) is 1. The molecule has 2 atom stereocenters. The van der Waals surface area contributed by atoms with Crippen molar-refractivity contribution < 1.29 is 9.66 Å². The Bertz CT molecular complexity index is 909. The molecule has 0 radical (unpaired) electrons. The number of piperazine rings is 1. The van der Waals surface area contributed by atoms with Crippen LogP contribution in [0.25, 0.3) is 0 Å². The molecule has 1 aromatic carbocycles. The minimum Gasteiger partial charge on any atom is -0.378 e. The van der Waals surface area contributed by atoms with Crippen molar-refractivity contribution >= 4 is 23.3 Å². The monoisotopic (exact) mass is 427 g/mol. The van der Waals surface area contributed by atoms with Gasteiger partial charge in [-0.15, -0.1) is 0 Å². The van der Waals surface area contributed by atoms with Crippen molar-refractivity contribution in [3.05, 3.63) is 46.0 Å². The number of hydrogen-bond acceptors (Lipinski definition) is 9. The summed E-state index contributed by atoms with van der Waals surface area (Å²) in [6, 6.07) is 10.4. The molecule has 0 amide bonds. The van der Waals surface area contributed by atoms with Crippen LogP contribution in [-0.2, 0) is 11.3 Å². The van der Waals surface area contributed by atoms with Crippen molar-refractivity contribution in [2.75, 3.05) is 54.8 Å². The molecule has 2 aliphatic rings. The fourth-order valence-corrected chi connectivity index (χ4v) is 4.28. The van der Waals surface area contributed by atoms with Gasteiger partial charge in [0.25, 0.3) is 0 Å². The molecule has 0 bridgehead atoms. The van der Waals surface area contributed by atoms with E-state index in [0.717, 1.165) is 32.7 Å². The summed E-state index contributed by atoms with van der Waals surface area (Å²) >= 11 is 0. The molecular weight excluding hydrogens is 398 g/mol. The molecule has 2 aromatic rings. The molecule has 3 heterocycles. The van der Waals surface area contributed by atoms with Gasteiger partial charge in [0, 0.05) is 45.8 Å². The van der Waals surface area contributed by atoms with Crippen LogP contribution in [0.3, 0.4) is 0 Å². The summed E-state index contributed by atoms with van der Waals surface area (Å²) < 4.78 is 5.77. The number of aromatic nitrogens is 2. The van der Waals surface area contributed by atoms with E-state index in [-0.39, 0.29) is 29.5 Å². The number of nitrogens with two attached hydrogens (primary N) is 1. The fourth-order valence-electron chi connectivity index (χ4n) is 4.28. The molecule has 10 nitrogen and oxygen atoms in total. The van der Waals surface area contributed by atoms with Crippen LogP contribution < -0.4 is 15.5 Å². The zero-order valence-electron chi connectivity index (χ0n) is 18.0. The Balaban J connectivity index is 1.52. The molecule has 0 aliphatic carbocycles. The summed E-state index contributed by atoms with van der Waals surface area (Å²) in [5.74, 6) is 0.633. The van der Waals surface area contributed by atoms with Crippen molar-refractivity contribution in [3.8, 4) is 0 Å². The van der Waals surface area contributed by atoms with Gasteiger partial charge in [-0.05, 0) is 19.4 Å². The Morgan fingerprint density at radius 3 is 2.32 bits per heavy atom. The van der Waals surface area contributed by atoms with E-state index in [1.165, 1.54) is 5.56 Å². The zero-order valence-corrected chi connectivity index (χ0v) is 18.0. The standard InChI is InChI=1S/C21H29N7O3/c1-15-12-27(13-16(2)31-15)20-18(28(29)30)19(22)23-21(24-20)26-10-8-25(9-11-26)14-17-6-4-3-5-7-17/h3-7,15-16H,8-14H2,1-2H3,(H2,22,23,24)/t15-,16+. The van der Waals surface area contributed by atoms with Crippen molar-refractivity contribution in [3.63, 3.8) is 0 Å². The number of hydrogen-bond donors (Lipinski definition) is 1. The summed E-state index contributed by atoms with van der Waals surface area (Å²) in [4.78, 5) is 26.5. The highest BCUT2D eigenvalue weighted by Gasteiger charge is 2.33.